The maximum absolute atomic E-state index is 12.0. The number of nitro groups is 1. The third-order valence-corrected chi connectivity index (χ3v) is 5.27. The standard InChI is InChI=1S/C21H28N6O4/c1-21(2,3)16-13-18(22-23-19(16)26(20(28)29)11-10-24(4)5)25-9-8-14-12-15(27(30)31)6-7-17(14)25/h6-7,12-13H,8-11H2,1-5H3,(H,28,29). The summed E-state index contributed by atoms with van der Waals surface area (Å²) in [7, 11) is 3.77. The van der Waals surface area contributed by atoms with Gasteiger partial charge in [-0.2, -0.15) is 0 Å². The highest BCUT2D eigenvalue weighted by Gasteiger charge is 2.30. The second-order valence-electron chi connectivity index (χ2n) is 8.90. The number of hydrogen-bond donors (Lipinski definition) is 1. The molecule has 10 heteroatoms. The zero-order valence-corrected chi connectivity index (χ0v) is 18.5. The summed E-state index contributed by atoms with van der Waals surface area (Å²) in [6.45, 7) is 7.46. The number of hydrogen-bond acceptors (Lipinski definition) is 7. The van der Waals surface area contributed by atoms with Crippen molar-refractivity contribution in [2.24, 2.45) is 0 Å². The Balaban J connectivity index is 2.02. The molecule has 1 aromatic carbocycles. The minimum Gasteiger partial charge on any atom is -0.465 e. The summed E-state index contributed by atoms with van der Waals surface area (Å²) in [6.07, 6.45) is -0.414. The van der Waals surface area contributed by atoms with Crippen molar-refractivity contribution in [3.05, 3.63) is 45.5 Å². The van der Waals surface area contributed by atoms with E-state index in [0.717, 1.165) is 16.8 Å². The lowest BCUT2D eigenvalue weighted by Crippen LogP contribution is -2.38. The van der Waals surface area contributed by atoms with Gasteiger partial charge in [-0.15, -0.1) is 10.2 Å². The summed E-state index contributed by atoms with van der Waals surface area (Å²) in [4.78, 5) is 27.7. The highest BCUT2D eigenvalue weighted by atomic mass is 16.6. The number of aromatic nitrogens is 2. The Bertz CT molecular complexity index is 1000. The lowest BCUT2D eigenvalue weighted by Gasteiger charge is -2.29. The predicted molar refractivity (Wildman–Crippen MR) is 118 cm³/mol. The Morgan fingerprint density at radius 3 is 2.52 bits per heavy atom. The van der Waals surface area contributed by atoms with Gasteiger partial charge in [0.05, 0.1) is 4.92 Å². The van der Waals surface area contributed by atoms with E-state index in [1.165, 1.54) is 11.0 Å². The smallest absolute Gasteiger partial charge is 0.413 e. The topological polar surface area (TPSA) is 116 Å². The molecule has 1 amide bonds. The third kappa shape index (κ3) is 4.74. The second kappa shape index (κ2) is 8.46. The van der Waals surface area contributed by atoms with Crippen LogP contribution in [0.1, 0.15) is 31.9 Å². The van der Waals surface area contributed by atoms with Crippen LogP contribution in [0.3, 0.4) is 0 Å². The van der Waals surface area contributed by atoms with E-state index in [1.807, 2.05) is 50.7 Å². The van der Waals surface area contributed by atoms with Crippen LogP contribution in [0.4, 0.5) is 27.8 Å². The number of likely N-dealkylation sites (N-methyl/N-ethyl adjacent to an activating group) is 1. The summed E-state index contributed by atoms with van der Waals surface area (Å²) in [6, 6.07) is 6.68. The number of nitro benzene ring substituents is 1. The summed E-state index contributed by atoms with van der Waals surface area (Å²) >= 11 is 0. The normalized spacial score (nSPS) is 13.4. The Hall–Kier alpha value is -3.27. The molecule has 1 aliphatic heterocycles. The molecule has 1 aromatic heterocycles. The molecule has 1 N–H and O–H groups in total. The van der Waals surface area contributed by atoms with Gasteiger partial charge in [0.1, 0.15) is 0 Å². The van der Waals surface area contributed by atoms with E-state index in [-0.39, 0.29) is 17.6 Å². The first-order valence-electron chi connectivity index (χ1n) is 10.1. The Morgan fingerprint density at radius 2 is 1.94 bits per heavy atom. The van der Waals surface area contributed by atoms with Gasteiger partial charge in [0.15, 0.2) is 11.6 Å². The van der Waals surface area contributed by atoms with E-state index >= 15 is 0 Å². The molecule has 0 atom stereocenters. The van der Waals surface area contributed by atoms with Gasteiger partial charge in [0.2, 0.25) is 0 Å². The fourth-order valence-corrected chi connectivity index (χ4v) is 3.59. The molecule has 0 unspecified atom stereocenters. The zero-order valence-electron chi connectivity index (χ0n) is 18.5. The summed E-state index contributed by atoms with van der Waals surface area (Å²) < 4.78 is 0. The molecule has 0 fully saturated rings. The van der Waals surface area contributed by atoms with Crippen LogP contribution in [0.15, 0.2) is 24.3 Å². The predicted octanol–water partition coefficient (Wildman–Crippen LogP) is 3.42. The van der Waals surface area contributed by atoms with Crippen LogP contribution in [-0.4, -0.2) is 64.9 Å². The van der Waals surface area contributed by atoms with Crippen molar-refractivity contribution < 1.29 is 14.8 Å². The number of nitrogens with zero attached hydrogens (tertiary/aromatic N) is 6. The van der Waals surface area contributed by atoms with Gasteiger partial charge in [0.25, 0.3) is 5.69 Å². The number of carbonyl (C=O) groups is 1. The fourth-order valence-electron chi connectivity index (χ4n) is 3.59. The van der Waals surface area contributed by atoms with E-state index in [9.17, 15) is 20.0 Å². The summed E-state index contributed by atoms with van der Waals surface area (Å²) in [5.74, 6) is 0.924. The van der Waals surface area contributed by atoms with Crippen molar-refractivity contribution in [2.45, 2.75) is 32.6 Å². The van der Waals surface area contributed by atoms with Crippen molar-refractivity contribution >= 4 is 29.1 Å². The average molecular weight is 428 g/mol. The zero-order chi connectivity index (χ0) is 22.9. The molecule has 10 nitrogen and oxygen atoms in total. The van der Waals surface area contributed by atoms with Crippen LogP contribution in [0, 0.1) is 10.1 Å². The maximum atomic E-state index is 12.0. The molecular weight excluding hydrogens is 400 g/mol. The first-order chi connectivity index (χ1) is 14.5. The van der Waals surface area contributed by atoms with Crippen molar-refractivity contribution in [2.75, 3.05) is 43.5 Å². The highest BCUT2D eigenvalue weighted by Crippen LogP contribution is 2.38. The number of non-ortho nitro benzene ring substituents is 1. The molecule has 0 saturated carbocycles. The van der Waals surface area contributed by atoms with E-state index in [0.29, 0.717) is 31.1 Å². The number of rotatable bonds is 6. The van der Waals surface area contributed by atoms with Crippen LogP contribution in [0.2, 0.25) is 0 Å². The molecule has 1 aliphatic rings. The Labute approximate surface area is 181 Å². The lowest BCUT2D eigenvalue weighted by atomic mass is 9.87. The molecule has 0 aliphatic carbocycles. The molecule has 166 valence electrons. The Kier molecular flexibility index (Phi) is 6.12. The van der Waals surface area contributed by atoms with Crippen LogP contribution >= 0.6 is 0 Å². The van der Waals surface area contributed by atoms with Gasteiger partial charge < -0.3 is 14.9 Å². The summed E-state index contributed by atoms with van der Waals surface area (Å²) in [5.41, 5.74) is 2.21. The third-order valence-electron chi connectivity index (χ3n) is 5.27. The quantitative estimate of drug-likeness (QED) is 0.550. The maximum Gasteiger partial charge on any atom is 0.413 e. The first kappa shape index (κ1) is 22.4. The molecule has 0 bridgehead atoms. The number of carboxylic acid groups (broad SMARTS) is 1. The first-order valence-corrected chi connectivity index (χ1v) is 10.1. The SMILES string of the molecule is CN(C)CCN(C(=O)O)c1nnc(N2CCc3cc([N+](=O)[O-])ccc32)cc1C(C)(C)C. The second-order valence-corrected chi connectivity index (χ2v) is 8.90. The van der Waals surface area contributed by atoms with Crippen LogP contribution < -0.4 is 9.80 Å². The van der Waals surface area contributed by atoms with Crippen molar-refractivity contribution in [3.63, 3.8) is 0 Å². The number of amides is 1. The molecule has 2 heterocycles. The molecule has 0 radical (unpaired) electrons. The van der Waals surface area contributed by atoms with Crippen molar-refractivity contribution in [1.29, 1.82) is 0 Å². The van der Waals surface area contributed by atoms with Crippen molar-refractivity contribution in [3.8, 4) is 0 Å². The van der Waals surface area contributed by atoms with Gasteiger partial charge in [-0.05, 0) is 43.6 Å². The number of fused-ring (bicyclic) bond motifs is 1. The monoisotopic (exact) mass is 428 g/mol. The van der Waals surface area contributed by atoms with Gasteiger partial charge in [-0.3, -0.25) is 15.0 Å². The average Bonchev–Trinajstić information content (AvgIpc) is 3.10. The van der Waals surface area contributed by atoms with Gasteiger partial charge in [0, 0.05) is 43.0 Å². The van der Waals surface area contributed by atoms with Crippen molar-refractivity contribution in [1.82, 2.24) is 15.1 Å². The van der Waals surface area contributed by atoms with Gasteiger partial charge in [-0.1, -0.05) is 20.8 Å². The molecule has 3 rings (SSSR count). The van der Waals surface area contributed by atoms with Gasteiger partial charge >= 0.3 is 6.09 Å². The van der Waals surface area contributed by atoms with E-state index < -0.39 is 11.0 Å². The molecular formula is C21H28N6O4. The molecule has 0 spiro atoms. The van der Waals surface area contributed by atoms with E-state index in [1.54, 1.807) is 12.1 Å². The highest BCUT2D eigenvalue weighted by molar-refractivity contribution is 5.86. The molecule has 2 aromatic rings. The van der Waals surface area contributed by atoms with Crippen LogP contribution in [0.5, 0.6) is 0 Å². The molecule has 31 heavy (non-hydrogen) atoms. The fraction of sp³-hybridized carbons (Fsp3) is 0.476. The van der Waals surface area contributed by atoms with E-state index in [4.69, 9.17) is 0 Å². The number of anilines is 3. The largest absolute Gasteiger partial charge is 0.465 e. The van der Waals surface area contributed by atoms with Crippen LogP contribution in [0.25, 0.3) is 0 Å². The van der Waals surface area contributed by atoms with Crippen LogP contribution in [-0.2, 0) is 11.8 Å². The van der Waals surface area contributed by atoms with Gasteiger partial charge in [-0.25, -0.2) is 4.79 Å². The summed E-state index contributed by atoms with van der Waals surface area (Å²) in [5, 5.41) is 29.5. The Morgan fingerprint density at radius 1 is 1.23 bits per heavy atom. The minimum atomic E-state index is -1.08. The number of benzene rings is 1. The van der Waals surface area contributed by atoms with E-state index in [2.05, 4.69) is 10.2 Å². The molecule has 0 saturated heterocycles. The lowest BCUT2D eigenvalue weighted by molar-refractivity contribution is -0.384. The minimum absolute atomic E-state index is 0.0652.